The SMILES string of the molecule is Clc1cccc(-c2cnc(C3CCN(c4ncnc5[nH]ncc45)CC3)[nH]2)c1. The Balaban J connectivity index is 1.32. The fourth-order valence-corrected chi connectivity index (χ4v) is 3.91. The van der Waals surface area contributed by atoms with Gasteiger partial charge in [-0.2, -0.15) is 5.10 Å². The van der Waals surface area contributed by atoms with Crippen molar-refractivity contribution in [2.75, 3.05) is 18.0 Å². The third-order valence-electron chi connectivity index (χ3n) is 5.14. The van der Waals surface area contributed by atoms with Crippen molar-refractivity contribution in [1.82, 2.24) is 30.1 Å². The minimum absolute atomic E-state index is 0.413. The normalized spacial score (nSPS) is 15.5. The Morgan fingerprint density at radius 3 is 2.81 bits per heavy atom. The molecule has 0 aliphatic carbocycles. The smallest absolute Gasteiger partial charge is 0.160 e. The summed E-state index contributed by atoms with van der Waals surface area (Å²) in [6.45, 7) is 1.85. The molecule has 136 valence electrons. The lowest BCUT2D eigenvalue weighted by Gasteiger charge is -2.32. The van der Waals surface area contributed by atoms with Crippen molar-refractivity contribution in [3.05, 3.63) is 53.8 Å². The highest BCUT2D eigenvalue weighted by molar-refractivity contribution is 6.30. The fraction of sp³-hybridized carbons (Fsp3) is 0.263. The van der Waals surface area contributed by atoms with Gasteiger partial charge in [-0.3, -0.25) is 5.10 Å². The van der Waals surface area contributed by atoms with Crippen LogP contribution < -0.4 is 4.90 Å². The third kappa shape index (κ3) is 3.04. The van der Waals surface area contributed by atoms with E-state index in [9.17, 15) is 0 Å². The van der Waals surface area contributed by atoms with Gasteiger partial charge in [0.1, 0.15) is 18.0 Å². The van der Waals surface area contributed by atoms with Crippen molar-refractivity contribution in [2.45, 2.75) is 18.8 Å². The summed E-state index contributed by atoms with van der Waals surface area (Å²) < 4.78 is 0. The molecule has 27 heavy (non-hydrogen) atoms. The van der Waals surface area contributed by atoms with Gasteiger partial charge in [0, 0.05) is 29.6 Å². The predicted molar refractivity (Wildman–Crippen MR) is 105 cm³/mol. The molecule has 1 aliphatic rings. The first kappa shape index (κ1) is 16.3. The Bertz CT molecular complexity index is 1080. The second-order valence-corrected chi connectivity index (χ2v) is 7.22. The van der Waals surface area contributed by atoms with Gasteiger partial charge in [-0.25, -0.2) is 15.0 Å². The monoisotopic (exact) mass is 379 g/mol. The van der Waals surface area contributed by atoms with Gasteiger partial charge < -0.3 is 9.88 Å². The number of fused-ring (bicyclic) bond motifs is 1. The number of hydrogen-bond acceptors (Lipinski definition) is 5. The third-order valence-corrected chi connectivity index (χ3v) is 5.37. The van der Waals surface area contributed by atoms with E-state index in [-0.39, 0.29) is 0 Å². The Kier molecular flexibility index (Phi) is 4.01. The van der Waals surface area contributed by atoms with Crippen molar-refractivity contribution in [3.63, 3.8) is 0 Å². The molecule has 4 heterocycles. The zero-order valence-electron chi connectivity index (χ0n) is 14.6. The number of rotatable bonds is 3. The highest BCUT2D eigenvalue weighted by Gasteiger charge is 2.25. The number of imidazole rings is 1. The molecule has 0 radical (unpaired) electrons. The van der Waals surface area contributed by atoms with Crippen LogP contribution in [0.3, 0.4) is 0 Å². The molecule has 0 bridgehead atoms. The van der Waals surface area contributed by atoms with Crippen LogP contribution in [0.5, 0.6) is 0 Å². The quantitative estimate of drug-likeness (QED) is 0.565. The molecule has 1 aliphatic heterocycles. The highest BCUT2D eigenvalue weighted by atomic mass is 35.5. The van der Waals surface area contributed by atoms with E-state index in [0.29, 0.717) is 5.92 Å². The Labute approximate surface area is 160 Å². The summed E-state index contributed by atoms with van der Waals surface area (Å²) in [7, 11) is 0. The first-order valence-electron chi connectivity index (χ1n) is 8.98. The Morgan fingerprint density at radius 2 is 1.96 bits per heavy atom. The van der Waals surface area contributed by atoms with E-state index < -0.39 is 0 Å². The van der Waals surface area contributed by atoms with Gasteiger partial charge in [-0.05, 0) is 25.0 Å². The zero-order valence-corrected chi connectivity index (χ0v) is 15.3. The van der Waals surface area contributed by atoms with Crippen LogP contribution in [0.15, 0.2) is 43.0 Å². The lowest BCUT2D eigenvalue weighted by molar-refractivity contribution is 0.487. The van der Waals surface area contributed by atoms with Crippen LogP contribution in [-0.4, -0.2) is 43.2 Å². The number of H-pyrrole nitrogens is 2. The Morgan fingerprint density at radius 1 is 1.07 bits per heavy atom. The molecule has 1 aromatic carbocycles. The number of nitrogens with one attached hydrogen (secondary N) is 2. The number of halogens is 1. The summed E-state index contributed by atoms with van der Waals surface area (Å²) in [4.78, 5) is 19.1. The van der Waals surface area contributed by atoms with Gasteiger partial charge >= 0.3 is 0 Å². The summed E-state index contributed by atoms with van der Waals surface area (Å²) in [6.07, 6.45) is 7.32. The number of aromatic amines is 2. The lowest BCUT2D eigenvalue weighted by Crippen LogP contribution is -2.33. The highest BCUT2D eigenvalue weighted by Crippen LogP contribution is 2.31. The molecule has 5 rings (SSSR count). The van der Waals surface area contributed by atoms with Crippen molar-refractivity contribution in [2.24, 2.45) is 0 Å². The molecule has 0 atom stereocenters. The number of aromatic nitrogens is 6. The summed E-state index contributed by atoms with van der Waals surface area (Å²) in [5, 5.41) is 8.68. The minimum atomic E-state index is 0.413. The molecule has 3 aromatic heterocycles. The van der Waals surface area contributed by atoms with E-state index >= 15 is 0 Å². The molecule has 7 nitrogen and oxygen atoms in total. The van der Waals surface area contributed by atoms with E-state index in [4.69, 9.17) is 11.6 Å². The molecule has 2 N–H and O–H groups in total. The number of benzene rings is 1. The van der Waals surface area contributed by atoms with Crippen LogP contribution in [0.2, 0.25) is 5.02 Å². The maximum Gasteiger partial charge on any atom is 0.160 e. The van der Waals surface area contributed by atoms with Crippen LogP contribution in [0.4, 0.5) is 5.82 Å². The van der Waals surface area contributed by atoms with Crippen LogP contribution in [-0.2, 0) is 0 Å². The van der Waals surface area contributed by atoms with Crippen molar-refractivity contribution in [3.8, 4) is 11.3 Å². The topological polar surface area (TPSA) is 86.4 Å². The lowest BCUT2D eigenvalue weighted by atomic mass is 9.96. The number of piperidine rings is 1. The number of hydrogen-bond donors (Lipinski definition) is 2. The largest absolute Gasteiger partial charge is 0.356 e. The van der Waals surface area contributed by atoms with Gasteiger partial charge in [-0.15, -0.1) is 0 Å². The van der Waals surface area contributed by atoms with E-state index in [1.165, 1.54) is 0 Å². The van der Waals surface area contributed by atoms with E-state index in [0.717, 1.165) is 64.9 Å². The maximum absolute atomic E-state index is 6.10. The molecule has 1 fully saturated rings. The standard InChI is InChI=1S/C19H18ClN7/c20-14-3-1-2-13(8-14)16-10-21-17(25-16)12-4-6-27(7-5-12)19-15-9-24-26-18(15)22-11-23-19/h1-3,8-12H,4-7H2,(H,21,25)(H,22,23,24,26). The first-order valence-corrected chi connectivity index (χ1v) is 9.35. The molecule has 0 unspecified atom stereocenters. The predicted octanol–water partition coefficient (Wildman–Crippen LogP) is 3.78. The molecule has 0 amide bonds. The average molecular weight is 380 g/mol. The van der Waals surface area contributed by atoms with Crippen LogP contribution >= 0.6 is 11.6 Å². The van der Waals surface area contributed by atoms with Crippen molar-refractivity contribution >= 4 is 28.5 Å². The molecule has 0 spiro atoms. The number of nitrogens with zero attached hydrogens (tertiary/aromatic N) is 5. The zero-order chi connectivity index (χ0) is 18.2. The van der Waals surface area contributed by atoms with Crippen LogP contribution in [0, 0.1) is 0 Å². The molecule has 4 aromatic rings. The molecule has 0 saturated carbocycles. The molecular weight excluding hydrogens is 362 g/mol. The minimum Gasteiger partial charge on any atom is -0.356 e. The van der Waals surface area contributed by atoms with Gasteiger partial charge in [0.15, 0.2) is 5.65 Å². The summed E-state index contributed by atoms with van der Waals surface area (Å²) in [6, 6.07) is 7.82. The second kappa shape index (κ2) is 6.66. The molecular formula is C19H18ClN7. The van der Waals surface area contributed by atoms with E-state index in [1.807, 2.05) is 30.5 Å². The first-order chi connectivity index (χ1) is 13.3. The maximum atomic E-state index is 6.10. The summed E-state index contributed by atoms with van der Waals surface area (Å²) >= 11 is 6.10. The van der Waals surface area contributed by atoms with Gasteiger partial charge in [0.2, 0.25) is 0 Å². The van der Waals surface area contributed by atoms with Crippen molar-refractivity contribution < 1.29 is 0 Å². The molecule has 1 saturated heterocycles. The molecule has 8 heteroatoms. The number of anilines is 1. The van der Waals surface area contributed by atoms with Crippen molar-refractivity contribution in [1.29, 1.82) is 0 Å². The summed E-state index contributed by atoms with van der Waals surface area (Å²) in [5.74, 6) is 2.41. The summed E-state index contributed by atoms with van der Waals surface area (Å²) in [5.41, 5.74) is 2.84. The fourth-order valence-electron chi connectivity index (χ4n) is 3.72. The van der Waals surface area contributed by atoms with Gasteiger partial charge in [0.05, 0.1) is 23.5 Å². The van der Waals surface area contributed by atoms with Gasteiger partial charge in [-0.1, -0.05) is 23.7 Å². The van der Waals surface area contributed by atoms with Crippen LogP contribution in [0.25, 0.3) is 22.3 Å². The van der Waals surface area contributed by atoms with Crippen LogP contribution in [0.1, 0.15) is 24.6 Å². The van der Waals surface area contributed by atoms with E-state index in [1.54, 1.807) is 12.5 Å². The Hall–Kier alpha value is -2.93. The average Bonchev–Trinajstić information content (AvgIpc) is 3.37. The van der Waals surface area contributed by atoms with E-state index in [2.05, 4.69) is 35.0 Å². The second-order valence-electron chi connectivity index (χ2n) is 6.78. The van der Waals surface area contributed by atoms with Gasteiger partial charge in [0.25, 0.3) is 0 Å².